The SMILES string of the molecule is CCc1cc(=O)[nH]c(CN2CC3(CCOCC3)[C@@H]3CCC[C@@H]32)n1. The largest absolute Gasteiger partial charge is 0.381 e. The molecule has 0 amide bonds. The van der Waals surface area contributed by atoms with E-state index in [9.17, 15) is 4.79 Å². The number of nitrogens with one attached hydrogen (secondary N) is 1. The smallest absolute Gasteiger partial charge is 0.251 e. The summed E-state index contributed by atoms with van der Waals surface area (Å²) in [6, 6.07) is 2.29. The topological polar surface area (TPSA) is 58.2 Å². The molecule has 3 fully saturated rings. The summed E-state index contributed by atoms with van der Waals surface area (Å²) in [6.45, 7) is 5.80. The lowest BCUT2D eigenvalue weighted by molar-refractivity contribution is -0.00139. The van der Waals surface area contributed by atoms with Crippen LogP contribution in [0.1, 0.15) is 50.5 Å². The second-order valence-electron chi connectivity index (χ2n) is 7.52. The van der Waals surface area contributed by atoms with Gasteiger partial charge in [-0.3, -0.25) is 9.69 Å². The standard InChI is InChI=1S/C18H27N3O2/c1-2-13-10-17(22)20-16(19-13)11-21-12-18(6-8-23-9-7-18)14-4-3-5-15(14)21/h10,14-15H,2-9,11-12H2,1H3,(H,19,20,22)/t14-,15+/m1/s1. The quantitative estimate of drug-likeness (QED) is 0.928. The van der Waals surface area contributed by atoms with Gasteiger partial charge in [-0.2, -0.15) is 0 Å². The molecular formula is C18H27N3O2. The zero-order valence-corrected chi connectivity index (χ0v) is 14.0. The number of aromatic nitrogens is 2. The Balaban J connectivity index is 1.57. The Hall–Kier alpha value is -1.20. The van der Waals surface area contributed by atoms with E-state index < -0.39 is 0 Å². The second kappa shape index (κ2) is 6.02. The molecule has 126 valence electrons. The van der Waals surface area contributed by atoms with Crippen LogP contribution >= 0.6 is 0 Å². The van der Waals surface area contributed by atoms with E-state index in [1.54, 1.807) is 6.07 Å². The molecule has 4 rings (SSSR count). The molecule has 1 saturated carbocycles. The van der Waals surface area contributed by atoms with Gasteiger partial charge in [-0.15, -0.1) is 0 Å². The van der Waals surface area contributed by atoms with Crippen LogP contribution in [0.3, 0.4) is 0 Å². The number of H-pyrrole nitrogens is 1. The molecule has 0 unspecified atom stereocenters. The lowest BCUT2D eigenvalue weighted by atomic mass is 9.71. The van der Waals surface area contributed by atoms with Gasteiger partial charge in [0.25, 0.3) is 5.56 Å². The summed E-state index contributed by atoms with van der Waals surface area (Å²) in [7, 11) is 0. The maximum atomic E-state index is 11.8. The molecule has 1 aliphatic carbocycles. The van der Waals surface area contributed by atoms with Gasteiger partial charge < -0.3 is 9.72 Å². The Bertz CT molecular complexity index is 621. The van der Waals surface area contributed by atoms with Gasteiger partial charge in [-0.05, 0) is 43.4 Å². The molecule has 1 aromatic heterocycles. The first kappa shape index (κ1) is 15.3. The van der Waals surface area contributed by atoms with E-state index in [0.29, 0.717) is 11.5 Å². The molecule has 5 nitrogen and oxygen atoms in total. The van der Waals surface area contributed by atoms with Crippen LogP contribution in [0, 0.1) is 11.3 Å². The Labute approximate surface area is 137 Å². The highest BCUT2D eigenvalue weighted by atomic mass is 16.5. The van der Waals surface area contributed by atoms with Gasteiger partial charge in [0.05, 0.1) is 6.54 Å². The van der Waals surface area contributed by atoms with Gasteiger partial charge in [0.15, 0.2) is 0 Å². The van der Waals surface area contributed by atoms with Gasteiger partial charge in [0.2, 0.25) is 0 Å². The number of hydrogen-bond acceptors (Lipinski definition) is 4. The van der Waals surface area contributed by atoms with E-state index in [2.05, 4.69) is 14.9 Å². The fourth-order valence-electron chi connectivity index (χ4n) is 5.22. The fraction of sp³-hybridized carbons (Fsp3) is 0.778. The van der Waals surface area contributed by atoms with Crippen molar-refractivity contribution in [2.24, 2.45) is 11.3 Å². The van der Waals surface area contributed by atoms with Crippen molar-refractivity contribution in [3.05, 3.63) is 27.9 Å². The molecule has 1 spiro atoms. The third-order valence-electron chi connectivity index (χ3n) is 6.30. The minimum Gasteiger partial charge on any atom is -0.381 e. The van der Waals surface area contributed by atoms with E-state index in [0.717, 1.165) is 50.2 Å². The van der Waals surface area contributed by atoms with Crippen molar-refractivity contribution < 1.29 is 4.74 Å². The number of nitrogens with zero attached hydrogens (tertiary/aromatic N) is 2. The average molecular weight is 317 g/mol. The first-order chi connectivity index (χ1) is 11.2. The minimum atomic E-state index is -0.0187. The number of hydrogen-bond donors (Lipinski definition) is 1. The lowest BCUT2D eigenvalue weighted by Crippen LogP contribution is -2.36. The predicted molar refractivity (Wildman–Crippen MR) is 88.3 cm³/mol. The molecule has 3 aliphatic rings. The summed E-state index contributed by atoms with van der Waals surface area (Å²) in [5.74, 6) is 1.65. The minimum absolute atomic E-state index is 0.0187. The maximum Gasteiger partial charge on any atom is 0.251 e. The van der Waals surface area contributed by atoms with Gasteiger partial charge >= 0.3 is 0 Å². The van der Waals surface area contributed by atoms with E-state index in [1.807, 2.05) is 6.92 Å². The van der Waals surface area contributed by atoms with Crippen LogP contribution in [0.2, 0.25) is 0 Å². The van der Waals surface area contributed by atoms with Crippen molar-refractivity contribution in [1.82, 2.24) is 14.9 Å². The van der Waals surface area contributed by atoms with Crippen molar-refractivity contribution in [3.63, 3.8) is 0 Å². The van der Waals surface area contributed by atoms with E-state index >= 15 is 0 Å². The van der Waals surface area contributed by atoms with Crippen molar-refractivity contribution in [2.75, 3.05) is 19.8 Å². The van der Waals surface area contributed by atoms with Gasteiger partial charge in [-0.25, -0.2) is 4.98 Å². The van der Waals surface area contributed by atoms with Crippen LogP contribution in [0.4, 0.5) is 0 Å². The lowest BCUT2D eigenvalue weighted by Gasteiger charge is -2.37. The summed E-state index contributed by atoms with van der Waals surface area (Å²) in [5, 5.41) is 0. The van der Waals surface area contributed by atoms with E-state index in [1.165, 1.54) is 32.1 Å². The van der Waals surface area contributed by atoms with Crippen LogP contribution in [-0.4, -0.2) is 40.7 Å². The number of ether oxygens (including phenoxy) is 1. The summed E-state index contributed by atoms with van der Waals surface area (Å²) in [6.07, 6.45) is 7.20. The Morgan fingerprint density at radius 1 is 1.39 bits per heavy atom. The molecule has 2 saturated heterocycles. The van der Waals surface area contributed by atoms with Crippen LogP contribution in [0.25, 0.3) is 0 Å². The fourth-order valence-corrected chi connectivity index (χ4v) is 5.22. The molecule has 2 aliphatic heterocycles. The highest BCUT2D eigenvalue weighted by Gasteiger charge is 2.54. The van der Waals surface area contributed by atoms with E-state index in [4.69, 9.17) is 4.74 Å². The molecule has 23 heavy (non-hydrogen) atoms. The molecular weight excluding hydrogens is 290 g/mol. The normalized spacial score (nSPS) is 30.0. The van der Waals surface area contributed by atoms with Gasteiger partial charge in [0.1, 0.15) is 5.82 Å². The molecule has 2 atom stereocenters. The number of rotatable bonds is 3. The Morgan fingerprint density at radius 3 is 3.00 bits per heavy atom. The monoisotopic (exact) mass is 317 g/mol. The molecule has 5 heteroatoms. The summed E-state index contributed by atoms with van der Waals surface area (Å²) >= 11 is 0. The van der Waals surface area contributed by atoms with Crippen LogP contribution in [0.15, 0.2) is 10.9 Å². The van der Waals surface area contributed by atoms with Crippen molar-refractivity contribution in [1.29, 1.82) is 0 Å². The zero-order valence-electron chi connectivity index (χ0n) is 14.0. The number of fused-ring (bicyclic) bond motifs is 2. The van der Waals surface area contributed by atoms with Crippen LogP contribution in [-0.2, 0) is 17.7 Å². The third kappa shape index (κ3) is 2.74. The van der Waals surface area contributed by atoms with Crippen molar-refractivity contribution >= 4 is 0 Å². The van der Waals surface area contributed by atoms with Gasteiger partial charge in [0, 0.05) is 37.6 Å². The second-order valence-corrected chi connectivity index (χ2v) is 7.52. The predicted octanol–water partition coefficient (Wildman–Crippen LogP) is 2.11. The number of likely N-dealkylation sites (tertiary alicyclic amines) is 1. The number of aryl methyl sites for hydroxylation is 1. The summed E-state index contributed by atoms with van der Waals surface area (Å²) < 4.78 is 5.63. The highest BCUT2D eigenvalue weighted by Crippen LogP contribution is 2.53. The Morgan fingerprint density at radius 2 is 2.22 bits per heavy atom. The van der Waals surface area contributed by atoms with Crippen LogP contribution in [0.5, 0.6) is 0 Å². The molecule has 1 aromatic rings. The number of aromatic amines is 1. The maximum absolute atomic E-state index is 11.8. The first-order valence-corrected chi connectivity index (χ1v) is 9.11. The van der Waals surface area contributed by atoms with Crippen molar-refractivity contribution in [2.45, 2.75) is 58.0 Å². The Kier molecular flexibility index (Phi) is 4.01. The molecule has 1 N–H and O–H groups in total. The highest BCUT2D eigenvalue weighted by molar-refractivity contribution is 5.08. The molecule has 0 radical (unpaired) electrons. The molecule has 0 aromatic carbocycles. The van der Waals surface area contributed by atoms with Crippen molar-refractivity contribution in [3.8, 4) is 0 Å². The van der Waals surface area contributed by atoms with E-state index in [-0.39, 0.29) is 5.56 Å². The first-order valence-electron chi connectivity index (χ1n) is 9.11. The summed E-state index contributed by atoms with van der Waals surface area (Å²) in [5.41, 5.74) is 1.32. The van der Waals surface area contributed by atoms with Gasteiger partial charge in [-0.1, -0.05) is 13.3 Å². The summed E-state index contributed by atoms with van der Waals surface area (Å²) in [4.78, 5) is 22.0. The average Bonchev–Trinajstić information content (AvgIpc) is 3.13. The van der Waals surface area contributed by atoms with Crippen LogP contribution < -0.4 is 5.56 Å². The zero-order chi connectivity index (χ0) is 15.9. The third-order valence-corrected chi connectivity index (χ3v) is 6.30. The molecule has 3 heterocycles. The molecule has 0 bridgehead atoms.